The van der Waals surface area contributed by atoms with Crippen LogP contribution in [0.15, 0.2) is 42.5 Å². The van der Waals surface area contributed by atoms with Crippen LogP contribution in [-0.2, 0) is 11.3 Å². The quantitative estimate of drug-likeness (QED) is 0.457. The van der Waals surface area contributed by atoms with Crippen molar-refractivity contribution < 1.29 is 23.9 Å². The molecule has 2 aromatic rings. The molecule has 0 saturated heterocycles. The fourth-order valence-electron chi connectivity index (χ4n) is 2.64. The van der Waals surface area contributed by atoms with E-state index < -0.39 is 4.92 Å². The van der Waals surface area contributed by atoms with Crippen LogP contribution in [0.25, 0.3) is 0 Å². The Labute approximate surface area is 163 Å². The lowest BCUT2D eigenvalue weighted by atomic mass is 10.2. The summed E-state index contributed by atoms with van der Waals surface area (Å²) in [6.45, 7) is 4.81. The number of ether oxygens (including phenoxy) is 3. The van der Waals surface area contributed by atoms with Gasteiger partial charge in [0.05, 0.1) is 18.6 Å². The van der Waals surface area contributed by atoms with Crippen LogP contribution in [0.4, 0.5) is 5.69 Å². The van der Waals surface area contributed by atoms with Gasteiger partial charge in [0, 0.05) is 19.2 Å². The Balaban J connectivity index is 2.05. The highest BCUT2D eigenvalue weighted by Crippen LogP contribution is 2.29. The highest BCUT2D eigenvalue weighted by molar-refractivity contribution is 5.78. The molecule has 2 aromatic carbocycles. The summed E-state index contributed by atoms with van der Waals surface area (Å²) in [7, 11) is 1.56. The summed E-state index contributed by atoms with van der Waals surface area (Å²) in [5.41, 5.74) is 0.704. The monoisotopic (exact) mass is 388 g/mol. The van der Waals surface area contributed by atoms with Gasteiger partial charge in [0.25, 0.3) is 5.91 Å². The number of rotatable bonds is 10. The largest absolute Gasteiger partial charge is 0.493 e. The number of nitro benzene ring substituents is 1. The predicted octanol–water partition coefficient (Wildman–Crippen LogP) is 3.43. The van der Waals surface area contributed by atoms with E-state index in [1.54, 1.807) is 30.2 Å². The average Bonchev–Trinajstić information content (AvgIpc) is 2.71. The van der Waals surface area contributed by atoms with Crippen molar-refractivity contribution in [1.82, 2.24) is 4.90 Å². The van der Waals surface area contributed by atoms with Crippen LogP contribution in [0.1, 0.15) is 19.4 Å². The van der Waals surface area contributed by atoms with E-state index in [9.17, 15) is 14.9 Å². The summed E-state index contributed by atoms with van der Waals surface area (Å²) in [5.74, 6) is 1.04. The zero-order chi connectivity index (χ0) is 20.5. The molecule has 0 saturated carbocycles. The predicted molar refractivity (Wildman–Crippen MR) is 104 cm³/mol. The SMILES string of the molecule is CCOc1ccc(CN(CC)C(=O)COc2ccccc2[N+](=O)[O-])cc1OC. The first-order valence-corrected chi connectivity index (χ1v) is 8.93. The molecule has 0 fully saturated rings. The van der Waals surface area contributed by atoms with Gasteiger partial charge in [0.1, 0.15) is 0 Å². The number of hydrogen-bond acceptors (Lipinski definition) is 6. The summed E-state index contributed by atoms with van der Waals surface area (Å²) < 4.78 is 16.2. The molecule has 0 aliphatic rings. The van der Waals surface area contributed by atoms with E-state index in [1.807, 2.05) is 26.0 Å². The van der Waals surface area contributed by atoms with Crippen molar-refractivity contribution >= 4 is 11.6 Å². The van der Waals surface area contributed by atoms with E-state index in [0.717, 1.165) is 5.56 Å². The summed E-state index contributed by atoms with van der Waals surface area (Å²) in [6, 6.07) is 11.5. The van der Waals surface area contributed by atoms with E-state index in [0.29, 0.717) is 31.2 Å². The molecule has 0 atom stereocenters. The van der Waals surface area contributed by atoms with Gasteiger partial charge in [-0.05, 0) is 37.6 Å². The molecule has 0 aromatic heterocycles. The van der Waals surface area contributed by atoms with Crippen LogP contribution in [-0.4, -0.2) is 42.6 Å². The first-order valence-electron chi connectivity index (χ1n) is 8.93. The Morgan fingerprint density at radius 3 is 2.46 bits per heavy atom. The van der Waals surface area contributed by atoms with Crippen LogP contribution in [0.5, 0.6) is 17.2 Å². The Hall–Kier alpha value is -3.29. The molecule has 0 aliphatic carbocycles. The highest BCUT2D eigenvalue weighted by Gasteiger charge is 2.18. The number of carbonyl (C=O) groups excluding carboxylic acids is 1. The molecule has 1 amide bonds. The third-order valence-electron chi connectivity index (χ3n) is 4.05. The Bertz CT molecular complexity index is 824. The first-order chi connectivity index (χ1) is 13.5. The highest BCUT2D eigenvalue weighted by atomic mass is 16.6. The van der Waals surface area contributed by atoms with Crippen LogP contribution < -0.4 is 14.2 Å². The molecule has 0 spiro atoms. The van der Waals surface area contributed by atoms with Gasteiger partial charge in [0.15, 0.2) is 23.9 Å². The number of benzene rings is 2. The number of amides is 1. The second-order valence-electron chi connectivity index (χ2n) is 5.84. The maximum absolute atomic E-state index is 12.5. The van der Waals surface area contributed by atoms with Crippen molar-refractivity contribution in [3.05, 3.63) is 58.1 Å². The van der Waals surface area contributed by atoms with E-state index in [4.69, 9.17) is 14.2 Å². The van der Waals surface area contributed by atoms with Gasteiger partial charge in [-0.25, -0.2) is 0 Å². The molecule has 0 heterocycles. The van der Waals surface area contributed by atoms with Crippen LogP contribution in [0.2, 0.25) is 0 Å². The van der Waals surface area contributed by atoms with Crippen molar-refractivity contribution in [3.63, 3.8) is 0 Å². The van der Waals surface area contributed by atoms with E-state index in [2.05, 4.69) is 0 Å². The fraction of sp³-hybridized carbons (Fsp3) is 0.350. The van der Waals surface area contributed by atoms with Crippen LogP contribution in [0, 0.1) is 10.1 Å². The van der Waals surface area contributed by atoms with Crippen molar-refractivity contribution in [2.45, 2.75) is 20.4 Å². The third-order valence-corrected chi connectivity index (χ3v) is 4.05. The first kappa shape index (κ1) is 21.0. The topological polar surface area (TPSA) is 91.1 Å². The van der Waals surface area contributed by atoms with Gasteiger partial charge in [-0.2, -0.15) is 0 Å². The number of hydrogen-bond donors (Lipinski definition) is 0. The summed E-state index contributed by atoms with van der Waals surface area (Å²) >= 11 is 0. The van der Waals surface area contributed by atoms with E-state index in [-0.39, 0.29) is 24.0 Å². The summed E-state index contributed by atoms with van der Waals surface area (Å²) in [4.78, 5) is 24.6. The molecule has 150 valence electrons. The molecule has 0 radical (unpaired) electrons. The van der Waals surface area contributed by atoms with Crippen molar-refractivity contribution in [3.8, 4) is 17.2 Å². The summed E-state index contributed by atoms with van der Waals surface area (Å²) in [6.07, 6.45) is 0. The van der Waals surface area contributed by atoms with E-state index in [1.165, 1.54) is 12.1 Å². The molecule has 8 nitrogen and oxygen atoms in total. The second-order valence-corrected chi connectivity index (χ2v) is 5.84. The van der Waals surface area contributed by atoms with Crippen molar-refractivity contribution in [2.24, 2.45) is 0 Å². The summed E-state index contributed by atoms with van der Waals surface area (Å²) in [5, 5.41) is 11.0. The smallest absolute Gasteiger partial charge is 0.310 e. The molecule has 0 N–H and O–H groups in total. The maximum atomic E-state index is 12.5. The van der Waals surface area contributed by atoms with Crippen molar-refractivity contribution in [2.75, 3.05) is 26.9 Å². The number of methoxy groups -OCH3 is 1. The minimum Gasteiger partial charge on any atom is -0.493 e. The minimum atomic E-state index is -0.538. The number of para-hydroxylation sites is 2. The molecule has 0 unspecified atom stereocenters. The molecule has 28 heavy (non-hydrogen) atoms. The molecule has 8 heteroatoms. The van der Waals surface area contributed by atoms with Crippen LogP contribution in [0.3, 0.4) is 0 Å². The molecular weight excluding hydrogens is 364 g/mol. The third kappa shape index (κ3) is 5.35. The van der Waals surface area contributed by atoms with Crippen LogP contribution >= 0.6 is 0 Å². The van der Waals surface area contributed by atoms with E-state index >= 15 is 0 Å². The normalized spacial score (nSPS) is 10.2. The molecule has 0 bridgehead atoms. The van der Waals surface area contributed by atoms with Gasteiger partial charge < -0.3 is 19.1 Å². The fourth-order valence-corrected chi connectivity index (χ4v) is 2.64. The zero-order valence-electron chi connectivity index (χ0n) is 16.2. The van der Waals surface area contributed by atoms with Crippen molar-refractivity contribution in [1.29, 1.82) is 0 Å². The second kappa shape index (κ2) is 10.1. The standard InChI is InChI=1S/C20H24N2O6/c1-4-21(13-15-10-11-18(27-5-2)19(12-15)26-3)20(23)14-28-17-9-7-6-8-16(17)22(24)25/h6-12H,4-5,13-14H2,1-3H3. The number of nitrogens with zero attached hydrogens (tertiary/aromatic N) is 2. The lowest BCUT2D eigenvalue weighted by Gasteiger charge is -2.22. The minimum absolute atomic E-state index is 0.0691. The Morgan fingerprint density at radius 2 is 1.82 bits per heavy atom. The molecule has 2 rings (SSSR count). The van der Waals surface area contributed by atoms with Gasteiger partial charge in [0.2, 0.25) is 0 Å². The number of nitro groups is 1. The lowest BCUT2D eigenvalue weighted by molar-refractivity contribution is -0.385. The zero-order valence-corrected chi connectivity index (χ0v) is 16.2. The maximum Gasteiger partial charge on any atom is 0.310 e. The Kier molecular flexibility index (Phi) is 7.62. The number of carbonyl (C=O) groups is 1. The van der Waals surface area contributed by atoms with Gasteiger partial charge in [-0.15, -0.1) is 0 Å². The average molecular weight is 388 g/mol. The molecular formula is C20H24N2O6. The lowest BCUT2D eigenvalue weighted by Crippen LogP contribution is -2.34. The van der Waals surface area contributed by atoms with Gasteiger partial charge in [-0.1, -0.05) is 18.2 Å². The Morgan fingerprint density at radius 1 is 1.07 bits per heavy atom. The molecule has 0 aliphatic heterocycles. The van der Waals surface area contributed by atoms with Gasteiger partial charge >= 0.3 is 5.69 Å². The van der Waals surface area contributed by atoms with Gasteiger partial charge in [-0.3, -0.25) is 14.9 Å². The number of likely N-dealkylation sites (N-methyl/N-ethyl adjacent to an activating group) is 1.